The van der Waals surface area contributed by atoms with Gasteiger partial charge in [0, 0.05) is 37.3 Å². The number of hydrogen-bond acceptors (Lipinski definition) is 4. The van der Waals surface area contributed by atoms with Crippen molar-refractivity contribution in [2.45, 2.75) is 25.7 Å². The Balaban J connectivity index is 1.43. The number of amides is 2. The smallest absolute Gasteiger partial charge is 0.246 e. The van der Waals surface area contributed by atoms with Crippen LogP contribution in [0.2, 0.25) is 0 Å². The Morgan fingerprint density at radius 2 is 2.13 bits per heavy atom. The number of aryl methyl sites for hydroxylation is 1. The third kappa shape index (κ3) is 4.99. The summed E-state index contributed by atoms with van der Waals surface area (Å²) in [5, 5.41) is 2.75. The standard InChI is InChI=1S/C24H24FN3O3/c25-16-31-21-6-2-1-5-20(21)18-4-3-12-28(13-11-18)23(30)10-7-17-14-19-8-9-22(29)27-24(19)26-15-17/h1-2,5-7,10-11,14-15H,3-4,8-9,12-13,16H2,(H,26,27,29)/b10-7+. The Morgan fingerprint density at radius 1 is 1.26 bits per heavy atom. The van der Waals surface area contributed by atoms with Crippen LogP contribution < -0.4 is 10.1 Å². The zero-order valence-electron chi connectivity index (χ0n) is 17.1. The van der Waals surface area contributed by atoms with Crippen molar-refractivity contribution in [2.24, 2.45) is 0 Å². The van der Waals surface area contributed by atoms with Gasteiger partial charge in [0.05, 0.1) is 0 Å². The monoisotopic (exact) mass is 421 g/mol. The summed E-state index contributed by atoms with van der Waals surface area (Å²) in [5.41, 5.74) is 3.73. The fourth-order valence-corrected chi connectivity index (χ4v) is 3.87. The minimum absolute atomic E-state index is 0.0223. The van der Waals surface area contributed by atoms with E-state index < -0.39 is 6.86 Å². The van der Waals surface area contributed by atoms with Gasteiger partial charge in [-0.3, -0.25) is 9.59 Å². The van der Waals surface area contributed by atoms with E-state index >= 15 is 0 Å². The van der Waals surface area contributed by atoms with E-state index in [9.17, 15) is 14.0 Å². The molecule has 3 heterocycles. The molecule has 0 saturated carbocycles. The summed E-state index contributed by atoms with van der Waals surface area (Å²) in [6.07, 6.45) is 9.68. The second-order valence-electron chi connectivity index (χ2n) is 7.52. The van der Waals surface area contributed by atoms with Crippen molar-refractivity contribution in [1.82, 2.24) is 9.88 Å². The van der Waals surface area contributed by atoms with E-state index in [4.69, 9.17) is 4.74 Å². The Hall–Kier alpha value is -3.48. The summed E-state index contributed by atoms with van der Waals surface area (Å²) < 4.78 is 17.8. The Bertz CT molecular complexity index is 1050. The highest BCUT2D eigenvalue weighted by atomic mass is 19.1. The maximum atomic E-state index is 12.7. The molecule has 4 rings (SSSR count). The number of pyridine rings is 1. The van der Waals surface area contributed by atoms with E-state index in [0.717, 1.165) is 35.1 Å². The number of benzene rings is 1. The number of carbonyl (C=O) groups is 2. The molecule has 0 fully saturated rings. The maximum absolute atomic E-state index is 12.7. The molecular weight excluding hydrogens is 397 g/mol. The van der Waals surface area contributed by atoms with Crippen LogP contribution in [0.3, 0.4) is 0 Å². The molecule has 2 amide bonds. The number of nitrogens with one attached hydrogen (secondary N) is 1. The number of alkyl halides is 1. The van der Waals surface area contributed by atoms with Gasteiger partial charge in [0.15, 0.2) is 0 Å². The van der Waals surface area contributed by atoms with Crippen LogP contribution in [0.4, 0.5) is 10.2 Å². The highest BCUT2D eigenvalue weighted by Crippen LogP contribution is 2.30. The van der Waals surface area contributed by atoms with Crippen LogP contribution in [0.15, 0.2) is 48.7 Å². The number of carbonyl (C=O) groups excluding carboxylic acids is 2. The fourth-order valence-electron chi connectivity index (χ4n) is 3.87. The first-order chi connectivity index (χ1) is 15.1. The van der Waals surface area contributed by atoms with Crippen molar-refractivity contribution in [2.75, 3.05) is 25.3 Å². The third-order valence-electron chi connectivity index (χ3n) is 5.47. The molecule has 1 aromatic heterocycles. The summed E-state index contributed by atoms with van der Waals surface area (Å²) in [7, 11) is 0. The lowest BCUT2D eigenvalue weighted by Gasteiger charge is -2.17. The van der Waals surface area contributed by atoms with Gasteiger partial charge in [-0.15, -0.1) is 0 Å². The van der Waals surface area contributed by atoms with Crippen molar-refractivity contribution in [3.05, 3.63) is 65.4 Å². The summed E-state index contributed by atoms with van der Waals surface area (Å²) in [6.45, 7) is 0.254. The molecule has 0 radical (unpaired) electrons. The molecule has 0 atom stereocenters. The van der Waals surface area contributed by atoms with Crippen molar-refractivity contribution >= 4 is 29.3 Å². The van der Waals surface area contributed by atoms with Crippen LogP contribution in [0.1, 0.15) is 36.0 Å². The van der Waals surface area contributed by atoms with E-state index in [1.165, 1.54) is 0 Å². The summed E-state index contributed by atoms with van der Waals surface area (Å²) in [4.78, 5) is 30.2. The number of anilines is 1. The molecule has 0 saturated heterocycles. The van der Waals surface area contributed by atoms with E-state index in [0.29, 0.717) is 37.5 Å². The first-order valence-corrected chi connectivity index (χ1v) is 10.4. The van der Waals surface area contributed by atoms with E-state index in [1.807, 2.05) is 30.3 Å². The molecular formula is C24H24FN3O3. The molecule has 1 aromatic carbocycles. The quantitative estimate of drug-likeness (QED) is 0.741. The number of nitrogens with zero attached hydrogens (tertiary/aromatic N) is 2. The van der Waals surface area contributed by atoms with Gasteiger partial charge < -0.3 is 15.0 Å². The van der Waals surface area contributed by atoms with Crippen molar-refractivity contribution in [3.8, 4) is 5.75 Å². The molecule has 2 aliphatic rings. The van der Waals surface area contributed by atoms with E-state index in [1.54, 1.807) is 29.3 Å². The SMILES string of the molecule is O=C1CCc2cc(/C=C/C(=O)N3CC=C(c4ccccc4OCF)CCC3)cnc2N1. The number of rotatable bonds is 5. The van der Waals surface area contributed by atoms with Gasteiger partial charge in [-0.05, 0) is 54.2 Å². The maximum Gasteiger partial charge on any atom is 0.246 e. The predicted octanol–water partition coefficient (Wildman–Crippen LogP) is 3.99. The summed E-state index contributed by atoms with van der Waals surface area (Å²) in [5.74, 6) is 1.02. The number of aromatic nitrogens is 1. The average molecular weight is 421 g/mol. The molecule has 2 aliphatic heterocycles. The number of ether oxygens (including phenoxy) is 1. The first-order valence-electron chi connectivity index (χ1n) is 10.4. The topological polar surface area (TPSA) is 71.5 Å². The van der Waals surface area contributed by atoms with Gasteiger partial charge >= 0.3 is 0 Å². The van der Waals surface area contributed by atoms with E-state index in [2.05, 4.69) is 10.3 Å². The van der Waals surface area contributed by atoms with Crippen molar-refractivity contribution < 1.29 is 18.7 Å². The van der Waals surface area contributed by atoms with Crippen LogP contribution in [-0.2, 0) is 16.0 Å². The molecule has 1 N–H and O–H groups in total. The molecule has 160 valence electrons. The van der Waals surface area contributed by atoms with Crippen LogP contribution in [0.5, 0.6) is 5.75 Å². The Kier molecular flexibility index (Phi) is 6.40. The van der Waals surface area contributed by atoms with Gasteiger partial charge in [-0.2, -0.15) is 0 Å². The van der Waals surface area contributed by atoms with E-state index in [-0.39, 0.29) is 11.8 Å². The number of halogens is 1. The number of fused-ring (bicyclic) bond motifs is 1. The molecule has 0 spiro atoms. The molecule has 31 heavy (non-hydrogen) atoms. The lowest BCUT2D eigenvalue weighted by atomic mass is 10.0. The van der Waals surface area contributed by atoms with Crippen molar-refractivity contribution in [3.63, 3.8) is 0 Å². The van der Waals surface area contributed by atoms with Crippen LogP contribution in [-0.4, -0.2) is 41.6 Å². The highest BCUT2D eigenvalue weighted by molar-refractivity contribution is 5.94. The Labute approximate surface area is 180 Å². The predicted molar refractivity (Wildman–Crippen MR) is 117 cm³/mol. The lowest BCUT2D eigenvalue weighted by Crippen LogP contribution is -2.29. The van der Waals surface area contributed by atoms with Crippen LogP contribution >= 0.6 is 0 Å². The summed E-state index contributed by atoms with van der Waals surface area (Å²) in [6, 6.07) is 9.34. The fraction of sp³-hybridized carbons (Fsp3) is 0.292. The minimum atomic E-state index is -0.871. The van der Waals surface area contributed by atoms with Crippen LogP contribution in [0, 0.1) is 0 Å². The number of para-hydroxylation sites is 1. The largest absolute Gasteiger partial charge is 0.462 e. The van der Waals surface area contributed by atoms with Crippen molar-refractivity contribution in [1.29, 1.82) is 0 Å². The third-order valence-corrected chi connectivity index (χ3v) is 5.47. The highest BCUT2D eigenvalue weighted by Gasteiger charge is 2.18. The average Bonchev–Trinajstić information content (AvgIpc) is 3.04. The second kappa shape index (κ2) is 9.55. The number of allylic oxidation sites excluding steroid dienone is 1. The van der Waals surface area contributed by atoms with Gasteiger partial charge in [-0.1, -0.05) is 24.3 Å². The second-order valence-corrected chi connectivity index (χ2v) is 7.52. The first kappa shape index (κ1) is 20.8. The molecule has 0 bridgehead atoms. The lowest BCUT2D eigenvalue weighted by molar-refractivity contribution is -0.125. The summed E-state index contributed by atoms with van der Waals surface area (Å²) >= 11 is 0. The zero-order chi connectivity index (χ0) is 21.6. The van der Waals surface area contributed by atoms with Gasteiger partial charge in [0.1, 0.15) is 11.6 Å². The minimum Gasteiger partial charge on any atom is -0.462 e. The molecule has 2 aromatic rings. The van der Waals surface area contributed by atoms with Crippen LogP contribution in [0.25, 0.3) is 11.6 Å². The Morgan fingerprint density at radius 3 is 3.00 bits per heavy atom. The zero-order valence-corrected chi connectivity index (χ0v) is 17.1. The molecule has 0 unspecified atom stereocenters. The van der Waals surface area contributed by atoms with Gasteiger partial charge in [0.2, 0.25) is 18.7 Å². The van der Waals surface area contributed by atoms with Gasteiger partial charge in [0.25, 0.3) is 0 Å². The molecule has 6 nitrogen and oxygen atoms in total. The number of hydrogen-bond donors (Lipinski definition) is 1. The molecule has 0 aliphatic carbocycles. The normalized spacial score (nSPS) is 16.4. The molecule has 7 heteroatoms. The van der Waals surface area contributed by atoms with Gasteiger partial charge in [-0.25, -0.2) is 9.37 Å².